The van der Waals surface area contributed by atoms with Crippen LogP contribution < -0.4 is 11.1 Å². The van der Waals surface area contributed by atoms with Crippen LogP contribution in [-0.4, -0.2) is 30.1 Å². The minimum Gasteiger partial charge on any atom is -0.397 e. The van der Waals surface area contributed by atoms with Crippen molar-refractivity contribution < 1.29 is 9.53 Å². The van der Waals surface area contributed by atoms with Crippen LogP contribution in [0.1, 0.15) is 24.8 Å². The lowest BCUT2D eigenvalue weighted by atomic mass is 10.1. The molecule has 0 bridgehead atoms. The third kappa shape index (κ3) is 5.20. The molecule has 0 aliphatic carbocycles. The van der Waals surface area contributed by atoms with E-state index < -0.39 is 0 Å². The van der Waals surface area contributed by atoms with Crippen molar-refractivity contribution in [2.75, 3.05) is 29.2 Å². The molecular weight excluding hydrogens is 352 g/mol. The fraction of sp³-hybridized carbons (Fsp3) is 0.533. The van der Waals surface area contributed by atoms with Gasteiger partial charge in [0.05, 0.1) is 23.2 Å². The van der Waals surface area contributed by atoms with Gasteiger partial charge in [0.25, 0.3) is 0 Å². The number of hydrogen-bond donors (Lipinski definition) is 2. The Bertz CT molecular complexity index is 505. The topological polar surface area (TPSA) is 64.3 Å². The summed E-state index contributed by atoms with van der Waals surface area (Å²) in [6.45, 7) is 2.77. The zero-order valence-electron chi connectivity index (χ0n) is 12.2. The molecular formula is C15H21BrN2O2S. The molecule has 1 unspecified atom stereocenters. The Morgan fingerprint density at radius 1 is 1.52 bits per heavy atom. The number of nitrogens with two attached hydrogens (primary N) is 1. The average molecular weight is 373 g/mol. The Morgan fingerprint density at radius 3 is 3.05 bits per heavy atom. The van der Waals surface area contributed by atoms with Crippen molar-refractivity contribution in [2.45, 2.75) is 32.3 Å². The van der Waals surface area contributed by atoms with E-state index in [1.807, 2.05) is 19.1 Å². The van der Waals surface area contributed by atoms with Crippen molar-refractivity contribution >= 4 is 45.0 Å². The van der Waals surface area contributed by atoms with Crippen LogP contribution in [0.5, 0.6) is 0 Å². The lowest BCUT2D eigenvalue weighted by Gasteiger charge is -2.21. The monoisotopic (exact) mass is 372 g/mol. The van der Waals surface area contributed by atoms with Crippen LogP contribution in [0.25, 0.3) is 0 Å². The summed E-state index contributed by atoms with van der Waals surface area (Å²) in [5.74, 6) is 1.27. The van der Waals surface area contributed by atoms with Gasteiger partial charge in [0.15, 0.2) is 0 Å². The third-order valence-electron chi connectivity index (χ3n) is 3.44. The summed E-state index contributed by atoms with van der Waals surface area (Å²) < 4.78 is 6.56. The highest BCUT2D eigenvalue weighted by Crippen LogP contribution is 2.27. The summed E-state index contributed by atoms with van der Waals surface area (Å²) in [6, 6.07) is 3.76. The van der Waals surface area contributed by atoms with Crippen LogP contribution in [0.15, 0.2) is 16.6 Å². The molecule has 0 radical (unpaired) electrons. The summed E-state index contributed by atoms with van der Waals surface area (Å²) in [5.41, 5.74) is 8.22. The number of ether oxygens (including phenoxy) is 1. The first kappa shape index (κ1) is 16.6. The molecule has 1 amide bonds. The van der Waals surface area contributed by atoms with Gasteiger partial charge in [-0.05, 0) is 43.9 Å². The molecule has 0 spiro atoms. The molecule has 1 saturated heterocycles. The maximum absolute atomic E-state index is 12.0. The summed E-state index contributed by atoms with van der Waals surface area (Å²) in [6.07, 6.45) is 3.79. The van der Waals surface area contributed by atoms with E-state index in [1.54, 1.807) is 11.8 Å². The van der Waals surface area contributed by atoms with Gasteiger partial charge in [-0.3, -0.25) is 4.79 Å². The normalized spacial score (nSPS) is 18.5. The van der Waals surface area contributed by atoms with Gasteiger partial charge in [-0.1, -0.05) is 15.9 Å². The highest BCUT2D eigenvalue weighted by atomic mass is 79.9. The third-order valence-corrected chi connectivity index (χ3v) is 4.97. The molecule has 1 aromatic carbocycles. The van der Waals surface area contributed by atoms with Gasteiger partial charge in [0.2, 0.25) is 5.91 Å². The summed E-state index contributed by atoms with van der Waals surface area (Å²) >= 11 is 5.03. The number of anilines is 2. The number of carbonyl (C=O) groups excluding carboxylic acids is 1. The average Bonchev–Trinajstić information content (AvgIpc) is 2.45. The maximum Gasteiger partial charge on any atom is 0.234 e. The van der Waals surface area contributed by atoms with Gasteiger partial charge in [-0.25, -0.2) is 0 Å². The van der Waals surface area contributed by atoms with Crippen LogP contribution in [0.4, 0.5) is 11.4 Å². The molecule has 3 N–H and O–H groups in total. The van der Waals surface area contributed by atoms with Crippen molar-refractivity contribution in [2.24, 2.45) is 0 Å². The number of hydrogen-bond acceptors (Lipinski definition) is 4. The molecule has 4 nitrogen and oxygen atoms in total. The molecule has 0 saturated carbocycles. The SMILES string of the molecule is Cc1cc(Br)cc(NC(=O)CSCC2CCCCO2)c1N. The second-order valence-electron chi connectivity index (χ2n) is 5.24. The summed E-state index contributed by atoms with van der Waals surface area (Å²) in [5, 5.41) is 2.87. The van der Waals surface area contributed by atoms with E-state index in [0.29, 0.717) is 23.2 Å². The Morgan fingerprint density at radius 2 is 2.33 bits per heavy atom. The van der Waals surface area contributed by atoms with E-state index in [-0.39, 0.29) is 5.91 Å². The van der Waals surface area contributed by atoms with Crippen molar-refractivity contribution in [3.63, 3.8) is 0 Å². The molecule has 116 valence electrons. The van der Waals surface area contributed by atoms with Crippen molar-refractivity contribution in [3.05, 3.63) is 22.2 Å². The zero-order chi connectivity index (χ0) is 15.2. The number of amides is 1. The Kier molecular flexibility index (Phi) is 6.39. The van der Waals surface area contributed by atoms with E-state index >= 15 is 0 Å². The number of carbonyl (C=O) groups is 1. The second-order valence-corrected chi connectivity index (χ2v) is 7.18. The molecule has 1 atom stereocenters. The largest absolute Gasteiger partial charge is 0.397 e. The molecule has 1 aromatic rings. The number of halogens is 1. The number of thioether (sulfide) groups is 1. The highest BCUT2D eigenvalue weighted by Gasteiger charge is 2.15. The van der Waals surface area contributed by atoms with Crippen molar-refractivity contribution in [1.82, 2.24) is 0 Å². The first-order valence-corrected chi connectivity index (χ1v) is 9.06. The van der Waals surface area contributed by atoms with Crippen molar-refractivity contribution in [3.8, 4) is 0 Å². The minimum absolute atomic E-state index is 0.0278. The van der Waals surface area contributed by atoms with Gasteiger partial charge < -0.3 is 15.8 Å². The lowest BCUT2D eigenvalue weighted by Crippen LogP contribution is -2.23. The van der Waals surface area contributed by atoms with Crippen LogP contribution in [0.2, 0.25) is 0 Å². The fourth-order valence-electron chi connectivity index (χ4n) is 2.27. The first-order chi connectivity index (χ1) is 10.1. The quantitative estimate of drug-likeness (QED) is 0.775. The van der Waals surface area contributed by atoms with Gasteiger partial charge in [0, 0.05) is 16.8 Å². The van der Waals surface area contributed by atoms with E-state index in [9.17, 15) is 4.79 Å². The molecule has 6 heteroatoms. The summed E-state index contributed by atoms with van der Waals surface area (Å²) in [7, 11) is 0. The molecule has 21 heavy (non-hydrogen) atoms. The zero-order valence-corrected chi connectivity index (χ0v) is 14.6. The Balaban J connectivity index is 1.79. The first-order valence-electron chi connectivity index (χ1n) is 7.11. The predicted molar refractivity (Wildman–Crippen MR) is 92.8 cm³/mol. The van der Waals surface area contributed by atoms with Crippen molar-refractivity contribution in [1.29, 1.82) is 0 Å². The Hall–Kier alpha value is -0.720. The predicted octanol–water partition coefficient (Wildman–Crippen LogP) is 3.58. The van der Waals surface area contributed by atoms with Gasteiger partial charge >= 0.3 is 0 Å². The van der Waals surface area contributed by atoms with Crippen LogP contribution in [0.3, 0.4) is 0 Å². The number of aryl methyl sites for hydroxylation is 1. The van der Waals surface area contributed by atoms with Gasteiger partial charge in [-0.2, -0.15) is 0 Å². The van der Waals surface area contributed by atoms with Gasteiger partial charge in [0.1, 0.15) is 0 Å². The molecule has 0 aromatic heterocycles. The Labute approximate surface area is 138 Å². The molecule has 2 rings (SSSR count). The fourth-order valence-corrected chi connectivity index (χ4v) is 3.74. The van der Waals surface area contributed by atoms with Crippen LogP contribution >= 0.6 is 27.7 Å². The lowest BCUT2D eigenvalue weighted by molar-refractivity contribution is -0.113. The summed E-state index contributed by atoms with van der Waals surface area (Å²) in [4.78, 5) is 12.0. The van der Waals surface area contributed by atoms with Crippen LogP contribution in [0, 0.1) is 6.92 Å². The highest BCUT2D eigenvalue weighted by molar-refractivity contribution is 9.10. The van der Waals surface area contributed by atoms with E-state index in [0.717, 1.165) is 35.2 Å². The van der Waals surface area contributed by atoms with Gasteiger partial charge in [-0.15, -0.1) is 11.8 Å². The van der Waals surface area contributed by atoms with E-state index in [4.69, 9.17) is 10.5 Å². The number of benzene rings is 1. The number of nitrogen functional groups attached to an aromatic ring is 1. The standard InChI is InChI=1S/C15H21BrN2O2S/c1-10-6-11(16)7-13(15(10)17)18-14(19)9-21-8-12-4-2-3-5-20-12/h6-7,12H,2-5,8-9,17H2,1H3,(H,18,19). The minimum atomic E-state index is -0.0278. The molecule has 1 fully saturated rings. The molecule has 1 heterocycles. The second kappa shape index (κ2) is 8.06. The number of rotatable bonds is 5. The smallest absolute Gasteiger partial charge is 0.234 e. The number of nitrogens with one attached hydrogen (secondary N) is 1. The molecule has 1 aliphatic heterocycles. The van der Waals surface area contributed by atoms with E-state index in [1.165, 1.54) is 6.42 Å². The van der Waals surface area contributed by atoms with E-state index in [2.05, 4.69) is 21.2 Å². The van der Waals surface area contributed by atoms with Crippen LogP contribution in [-0.2, 0) is 9.53 Å². The molecule has 1 aliphatic rings. The maximum atomic E-state index is 12.0.